The molecule has 0 aromatic heterocycles. The number of ether oxygens (including phenoxy) is 1. The van der Waals surface area contributed by atoms with Gasteiger partial charge in [-0.05, 0) is 0 Å². The maximum Gasteiger partial charge on any atom is 0.338 e. The zero-order chi connectivity index (χ0) is 13.8. The number of aliphatic carboxylic acids is 1. The second kappa shape index (κ2) is 5.51. The van der Waals surface area contributed by atoms with Crippen molar-refractivity contribution in [1.29, 1.82) is 0 Å². The first-order chi connectivity index (χ1) is 9.15. The maximum absolute atomic E-state index is 11.0. The standard InChI is InChI=1S/C12H14N4O3/c1-8(12(17)18)10-13-14-15-16(10)11(19-2)9-6-4-3-5-7-9/h3-7,11,14-15H,1H2,2H3,(H,17,18). The Bertz CT molecular complexity index is 515. The number of carbonyl (C=O) groups is 1. The minimum atomic E-state index is -1.14. The first-order valence-electron chi connectivity index (χ1n) is 5.53. The highest BCUT2D eigenvalue weighted by molar-refractivity contribution is 6.17. The second-order valence-corrected chi connectivity index (χ2v) is 3.81. The van der Waals surface area contributed by atoms with E-state index in [1.807, 2.05) is 30.3 Å². The van der Waals surface area contributed by atoms with Crippen LogP contribution in [0.25, 0.3) is 0 Å². The molecule has 19 heavy (non-hydrogen) atoms. The van der Waals surface area contributed by atoms with Gasteiger partial charge in [-0.15, -0.1) is 10.6 Å². The van der Waals surface area contributed by atoms with Crippen LogP contribution in [0.2, 0.25) is 0 Å². The number of hydrogen-bond donors (Lipinski definition) is 3. The first-order valence-corrected chi connectivity index (χ1v) is 5.53. The van der Waals surface area contributed by atoms with Crippen molar-refractivity contribution >= 4 is 11.8 Å². The molecule has 0 amide bonds. The summed E-state index contributed by atoms with van der Waals surface area (Å²) < 4.78 is 5.39. The van der Waals surface area contributed by atoms with E-state index in [1.54, 1.807) is 0 Å². The Labute approximate surface area is 110 Å². The number of hydrazone groups is 1. The maximum atomic E-state index is 11.0. The predicted molar refractivity (Wildman–Crippen MR) is 68.5 cm³/mol. The van der Waals surface area contributed by atoms with Crippen molar-refractivity contribution in [3.8, 4) is 0 Å². The van der Waals surface area contributed by atoms with E-state index in [0.717, 1.165) is 5.56 Å². The Morgan fingerprint density at radius 2 is 2.16 bits per heavy atom. The van der Waals surface area contributed by atoms with Gasteiger partial charge in [0.2, 0.25) is 0 Å². The SMILES string of the molecule is C=C(C(=O)O)C1=NNNN1C(OC)c1ccccc1. The lowest BCUT2D eigenvalue weighted by molar-refractivity contribution is -0.132. The normalized spacial score (nSPS) is 15.6. The van der Waals surface area contributed by atoms with Crippen LogP contribution in [0.4, 0.5) is 0 Å². The molecule has 1 unspecified atom stereocenters. The summed E-state index contributed by atoms with van der Waals surface area (Å²) in [5.41, 5.74) is 5.95. The molecular formula is C12H14N4O3. The summed E-state index contributed by atoms with van der Waals surface area (Å²) in [5.74, 6) is -0.972. The number of methoxy groups -OCH3 is 1. The predicted octanol–water partition coefficient (Wildman–Crippen LogP) is 0.611. The van der Waals surface area contributed by atoms with Crippen molar-refractivity contribution < 1.29 is 14.6 Å². The average Bonchev–Trinajstić information content (AvgIpc) is 2.89. The molecule has 0 saturated heterocycles. The summed E-state index contributed by atoms with van der Waals surface area (Å²) in [6, 6.07) is 9.36. The molecule has 1 aromatic carbocycles. The topological polar surface area (TPSA) is 86.2 Å². The van der Waals surface area contributed by atoms with Crippen molar-refractivity contribution in [3.63, 3.8) is 0 Å². The van der Waals surface area contributed by atoms with E-state index in [4.69, 9.17) is 9.84 Å². The van der Waals surface area contributed by atoms with Crippen LogP contribution in [-0.4, -0.2) is 29.0 Å². The Morgan fingerprint density at radius 3 is 2.74 bits per heavy atom. The smallest absolute Gasteiger partial charge is 0.338 e. The summed E-state index contributed by atoms with van der Waals surface area (Å²) >= 11 is 0. The molecule has 0 spiro atoms. The summed E-state index contributed by atoms with van der Waals surface area (Å²) in [7, 11) is 1.53. The van der Waals surface area contributed by atoms with Gasteiger partial charge in [0.1, 0.15) is 0 Å². The molecule has 0 fully saturated rings. The van der Waals surface area contributed by atoms with Gasteiger partial charge in [-0.1, -0.05) is 36.9 Å². The monoisotopic (exact) mass is 262 g/mol. The number of carboxylic acid groups (broad SMARTS) is 1. The third-order valence-corrected chi connectivity index (χ3v) is 2.63. The molecule has 3 N–H and O–H groups in total. The fourth-order valence-electron chi connectivity index (χ4n) is 1.73. The van der Waals surface area contributed by atoms with E-state index in [2.05, 4.69) is 22.7 Å². The Morgan fingerprint density at radius 1 is 1.47 bits per heavy atom. The molecule has 7 heteroatoms. The largest absolute Gasteiger partial charge is 0.478 e. The van der Waals surface area contributed by atoms with E-state index < -0.39 is 12.2 Å². The number of nitrogens with zero attached hydrogens (tertiary/aromatic N) is 2. The van der Waals surface area contributed by atoms with Crippen molar-refractivity contribution in [2.45, 2.75) is 6.23 Å². The van der Waals surface area contributed by atoms with E-state index in [-0.39, 0.29) is 11.4 Å². The van der Waals surface area contributed by atoms with Gasteiger partial charge in [0.15, 0.2) is 12.1 Å². The minimum Gasteiger partial charge on any atom is -0.478 e. The summed E-state index contributed by atoms with van der Waals surface area (Å²) in [5, 5.41) is 14.3. The lowest BCUT2D eigenvalue weighted by Crippen LogP contribution is -2.45. The Kier molecular flexibility index (Phi) is 3.79. The van der Waals surface area contributed by atoms with E-state index in [1.165, 1.54) is 12.1 Å². The third kappa shape index (κ3) is 2.56. The van der Waals surface area contributed by atoms with Crippen LogP contribution in [0, 0.1) is 0 Å². The lowest BCUT2D eigenvalue weighted by Gasteiger charge is -2.28. The first kappa shape index (κ1) is 13.1. The van der Waals surface area contributed by atoms with Gasteiger partial charge in [0, 0.05) is 12.7 Å². The molecule has 0 radical (unpaired) electrons. The number of amidine groups is 1. The highest BCUT2D eigenvalue weighted by Gasteiger charge is 2.30. The molecular weight excluding hydrogens is 248 g/mol. The van der Waals surface area contributed by atoms with Gasteiger partial charge in [-0.25, -0.2) is 15.3 Å². The van der Waals surface area contributed by atoms with Crippen LogP contribution in [-0.2, 0) is 9.53 Å². The molecule has 0 saturated carbocycles. The van der Waals surface area contributed by atoms with Crippen molar-refractivity contribution in [2.24, 2.45) is 5.10 Å². The molecule has 0 bridgehead atoms. The van der Waals surface area contributed by atoms with Crippen molar-refractivity contribution in [1.82, 2.24) is 16.1 Å². The summed E-state index contributed by atoms with van der Waals surface area (Å²) in [4.78, 5) is 11.0. The van der Waals surface area contributed by atoms with Crippen LogP contribution >= 0.6 is 0 Å². The van der Waals surface area contributed by atoms with Crippen LogP contribution in [0.5, 0.6) is 0 Å². The third-order valence-electron chi connectivity index (χ3n) is 2.63. The van der Waals surface area contributed by atoms with Gasteiger partial charge >= 0.3 is 5.97 Å². The number of nitrogens with one attached hydrogen (secondary N) is 2. The molecule has 1 aliphatic rings. The number of rotatable bonds is 5. The molecule has 7 nitrogen and oxygen atoms in total. The van der Waals surface area contributed by atoms with Gasteiger partial charge in [-0.3, -0.25) is 0 Å². The number of hydrogen-bond acceptors (Lipinski definition) is 6. The number of benzene rings is 1. The van der Waals surface area contributed by atoms with E-state index in [0.29, 0.717) is 0 Å². The average molecular weight is 262 g/mol. The Hall–Kier alpha value is -2.38. The van der Waals surface area contributed by atoms with Crippen LogP contribution in [0.1, 0.15) is 11.8 Å². The molecule has 1 aromatic rings. The summed E-state index contributed by atoms with van der Waals surface area (Å²) in [6.45, 7) is 3.49. The van der Waals surface area contributed by atoms with Gasteiger partial charge < -0.3 is 9.84 Å². The second-order valence-electron chi connectivity index (χ2n) is 3.81. The highest BCUT2D eigenvalue weighted by Crippen LogP contribution is 2.22. The highest BCUT2D eigenvalue weighted by atomic mass is 16.5. The van der Waals surface area contributed by atoms with Crippen molar-refractivity contribution in [3.05, 3.63) is 48.0 Å². The van der Waals surface area contributed by atoms with Gasteiger partial charge in [0.05, 0.1) is 5.57 Å². The molecule has 1 atom stereocenters. The minimum absolute atomic E-state index is 0.129. The number of hydrazine groups is 2. The summed E-state index contributed by atoms with van der Waals surface area (Å²) in [6.07, 6.45) is -0.522. The quantitative estimate of drug-likeness (QED) is 0.674. The zero-order valence-electron chi connectivity index (χ0n) is 10.3. The number of carboxylic acids is 1. The lowest BCUT2D eigenvalue weighted by atomic mass is 10.1. The fraction of sp³-hybridized carbons (Fsp3) is 0.167. The fourth-order valence-corrected chi connectivity index (χ4v) is 1.73. The molecule has 0 aliphatic carbocycles. The van der Waals surface area contributed by atoms with Crippen LogP contribution in [0.3, 0.4) is 0 Å². The molecule has 2 rings (SSSR count). The molecule has 1 aliphatic heterocycles. The van der Waals surface area contributed by atoms with Crippen LogP contribution < -0.4 is 11.1 Å². The zero-order valence-corrected chi connectivity index (χ0v) is 10.3. The van der Waals surface area contributed by atoms with Crippen LogP contribution in [0.15, 0.2) is 47.6 Å². The Balaban J connectivity index is 2.27. The van der Waals surface area contributed by atoms with Crippen molar-refractivity contribution in [2.75, 3.05) is 7.11 Å². The molecule has 100 valence electrons. The molecule has 1 heterocycles. The van der Waals surface area contributed by atoms with Gasteiger partial charge in [-0.2, -0.15) is 0 Å². The van der Waals surface area contributed by atoms with E-state index in [9.17, 15) is 4.79 Å². The van der Waals surface area contributed by atoms with Gasteiger partial charge in [0.25, 0.3) is 0 Å². The van der Waals surface area contributed by atoms with E-state index >= 15 is 0 Å².